The van der Waals surface area contributed by atoms with Crippen LogP contribution in [0.15, 0.2) is 24.3 Å². The summed E-state index contributed by atoms with van der Waals surface area (Å²) in [6, 6.07) is 7.46. The Labute approximate surface area is 183 Å². The number of carbonyl (C=O) groups is 1. The van der Waals surface area contributed by atoms with Crippen LogP contribution in [0.1, 0.15) is 67.9 Å². The Morgan fingerprint density at radius 3 is 2.55 bits per heavy atom. The molecule has 2 aromatic rings. The monoisotopic (exact) mass is 433 g/mol. The van der Waals surface area contributed by atoms with E-state index in [1.807, 2.05) is 6.92 Å². The maximum Gasteiger partial charge on any atom is 0.224 e. The number of amides is 1. The van der Waals surface area contributed by atoms with Crippen molar-refractivity contribution < 1.29 is 9.53 Å². The fraction of sp³-hybridized carbons (Fsp3) is 0.458. The third-order valence-corrected chi connectivity index (χ3v) is 6.23. The van der Waals surface area contributed by atoms with Crippen molar-refractivity contribution in [3.05, 3.63) is 56.6 Å². The predicted octanol–water partition coefficient (Wildman–Crippen LogP) is 7.44. The number of nitrogens with one attached hydrogen (secondary N) is 1. The van der Waals surface area contributed by atoms with Gasteiger partial charge < -0.3 is 10.1 Å². The molecule has 0 radical (unpaired) electrons. The number of ether oxygens (including phenoxy) is 1. The Hall–Kier alpha value is -1.71. The molecular weight excluding hydrogens is 405 g/mol. The first-order valence-corrected chi connectivity index (χ1v) is 11.1. The van der Waals surface area contributed by atoms with Crippen molar-refractivity contribution in [1.29, 1.82) is 0 Å². The second-order valence-electron chi connectivity index (χ2n) is 8.13. The summed E-state index contributed by atoms with van der Waals surface area (Å²) in [5.74, 6) is 1.15. The van der Waals surface area contributed by atoms with E-state index in [0.29, 0.717) is 28.1 Å². The number of rotatable bonds is 6. The molecule has 2 atom stereocenters. The quantitative estimate of drug-likeness (QED) is 0.513. The molecule has 0 aliphatic heterocycles. The molecule has 0 fully saturated rings. The Kier molecular flexibility index (Phi) is 7.13. The smallest absolute Gasteiger partial charge is 0.224 e. The normalized spacial score (nSPS) is 16.8. The molecule has 0 bridgehead atoms. The molecule has 1 N–H and O–H groups in total. The van der Waals surface area contributed by atoms with Crippen LogP contribution in [-0.2, 0) is 11.2 Å². The second kappa shape index (κ2) is 9.40. The predicted molar refractivity (Wildman–Crippen MR) is 121 cm³/mol. The summed E-state index contributed by atoms with van der Waals surface area (Å²) >= 11 is 12.3. The Balaban J connectivity index is 1.87. The van der Waals surface area contributed by atoms with Crippen molar-refractivity contribution in [1.82, 2.24) is 0 Å². The van der Waals surface area contributed by atoms with Gasteiger partial charge in [0, 0.05) is 22.2 Å². The van der Waals surface area contributed by atoms with Crippen molar-refractivity contribution >= 4 is 34.8 Å². The van der Waals surface area contributed by atoms with Gasteiger partial charge in [-0.05, 0) is 79.5 Å². The molecule has 0 spiro atoms. The number of anilines is 1. The first-order chi connectivity index (χ1) is 13.8. The molecule has 3 rings (SSSR count). The Bertz CT molecular complexity index is 890. The maximum atomic E-state index is 12.5. The third-order valence-electron chi connectivity index (χ3n) is 5.79. The zero-order chi connectivity index (χ0) is 21.1. The third kappa shape index (κ3) is 5.26. The molecule has 5 heteroatoms. The average Bonchev–Trinajstić information content (AvgIpc) is 2.65. The van der Waals surface area contributed by atoms with Gasteiger partial charge in [0.2, 0.25) is 5.91 Å². The number of hydrogen-bond acceptors (Lipinski definition) is 2. The van der Waals surface area contributed by atoms with Crippen LogP contribution in [0.3, 0.4) is 0 Å². The highest BCUT2D eigenvalue weighted by molar-refractivity contribution is 6.34. The van der Waals surface area contributed by atoms with Gasteiger partial charge in [0.15, 0.2) is 0 Å². The molecule has 0 saturated heterocycles. The Morgan fingerprint density at radius 1 is 1.21 bits per heavy atom. The van der Waals surface area contributed by atoms with Crippen molar-refractivity contribution in [3.63, 3.8) is 0 Å². The van der Waals surface area contributed by atoms with E-state index >= 15 is 0 Å². The number of halogens is 2. The summed E-state index contributed by atoms with van der Waals surface area (Å²) < 4.78 is 6.29. The van der Waals surface area contributed by atoms with Gasteiger partial charge in [0.1, 0.15) is 11.9 Å². The Morgan fingerprint density at radius 2 is 1.90 bits per heavy atom. The lowest BCUT2D eigenvalue weighted by Crippen LogP contribution is -2.20. The minimum atomic E-state index is -0.0458. The van der Waals surface area contributed by atoms with Crippen LogP contribution in [0, 0.1) is 19.8 Å². The van der Waals surface area contributed by atoms with Gasteiger partial charge in [-0.25, -0.2) is 0 Å². The summed E-state index contributed by atoms with van der Waals surface area (Å²) in [4.78, 5) is 12.5. The molecule has 1 amide bonds. The average molecular weight is 434 g/mol. The van der Waals surface area contributed by atoms with Gasteiger partial charge >= 0.3 is 0 Å². The van der Waals surface area contributed by atoms with Crippen LogP contribution in [0.25, 0.3) is 0 Å². The molecule has 156 valence electrons. The highest BCUT2D eigenvalue weighted by atomic mass is 35.5. The van der Waals surface area contributed by atoms with Crippen LogP contribution in [0.4, 0.5) is 5.69 Å². The number of hydrogen-bond donors (Lipinski definition) is 1. The minimum absolute atomic E-state index is 0.0458. The fourth-order valence-electron chi connectivity index (χ4n) is 4.02. The summed E-state index contributed by atoms with van der Waals surface area (Å²) in [5, 5.41) is 4.29. The maximum absolute atomic E-state index is 12.5. The zero-order valence-electron chi connectivity index (χ0n) is 17.6. The van der Waals surface area contributed by atoms with Crippen LogP contribution in [-0.4, -0.2) is 5.91 Å². The van der Waals surface area contributed by atoms with E-state index in [4.69, 9.17) is 27.9 Å². The molecule has 0 heterocycles. The number of carbonyl (C=O) groups excluding carboxylic acids is 1. The van der Waals surface area contributed by atoms with E-state index in [9.17, 15) is 4.79 Å². The van der Waals surface area contributed by atoms with Crippen molar-refractivity contribution in [2.75, 3.05) is 5.32 Å². The van der Waals surface area contributed by atoms with E-state index in [1.54, 1.807) is 18.2 Å². The minimum Gasteiger partial charge on any atom is -0.486 e. The van der Waals surface area contributed by atoms with Gasteiger partial charge in [0.05, 0.1) is 0 Å². The number of fused-ring (bicyclic) bond motifs is 1. The number of aryl methyl sites for hydroxylation is 1. The highest BCUT2D eigenvalue weighted by Gasteiger charge is 2.26. The van der Waals surface area contributed by atoms with E-state index in [2.05, 4.69) is 32.2 Å². The molecular formula is C24H29Cl2NO2. The molecule has 29 heavy (non-hydrogen) atoms. The van der Waals surface area contributed by atoms with Crippen LogP contribution >= 0.6 is 23.2 Å². The van der Waals surface area contributed by atoms with E-state index in [0.717, 1.165) is 42.5 Å². The van der Waals surface area contributed by atoms with Crippen molar-refractivity contribution in [3.8, 4) is 5.75 Å². The van der Waals surface area contributed by atoms with E-state index in [-0.39, 0.29) is 12.0 Å². The van der Waals surface area contributed by atoms with E-state index < -0.39 is 0 Å². The van der Waals surface area contributed by atoms with Crippen molar-refractivity contribution in [2.24, 2.45) is 5.92 Å². The summed E-state index contributed by atoms with van der Waals surface area (Å²) in [7, 11) is 0. The summed E-state index contributed by atoms with van der Waals surface area (Å²) in [6.07, 6.45) is 4.48. The summed E-state index contributed by atoms with van der Waals surface area (Å²) in [5.41, 5.74) is 5.64. The molecule has 0 aromatic heterocycles. The molecule has 0 saturated carbocycles. The van der Waals surface area contributed by atoms with Gasteiger partial charge in [-0.3, -0.25) is 4.79 Å². The lowest BCUT2D eigenvalue weighted by atomic mass is 9.84. The molecule has 1 aliphatic carbocycles. The number of benzene rings is 2. The van der Waals surface area contributed by atoms with Crippen LogP contribution < -0.4 is 10.1 Å². The molecule has 2 unspecified atom stereocenters. The zero-order valence-corrected chi connectivity index (χ0v) is 19.1. The molecule has 3 nitrogen and oxygen atoms in total. The lowest BCUT2D eigenvalue weighted by Gasteiger charge is -2.30. The lowest BCUT2D eigenvalue weighted by molar-refractivity contribution is -0.117. The first-order valence-electron chi connectivity index (χ1n) is 10.3. The van der Waals surface area contributed by atoms with Gasteiger partial charge in [-0.2, -0.15) is 0 Å². The fourth-order valence-corrected chi connectivity index (χ4v) is 4.53. The second-order valence-corrected chi connectivity index (χ2v) is 9.00. The van der Waals surface area contributed by atoms with Gasteiger partial charge in [-0.15, -0.1) is 0 Å². The SMILES string of the molecule is CCC(C)CC(=O)Nc1c(C)cc2c(c1C)CCCC2Oc1cc(Cl)cc(Cl)c1. The molecule has 1 aliphatic rings. The molecule has 2 aromatic carbocycles. The largest absolute Gasteiger partial charge is 0.486 e. The van der Waals surface area contributed by atoms with E-state index in [1.165, 1.54) is 11.1 Å². The highest BCUT2D eigenvalue weighted by Crippen LogP contribution is 2.40. The van der Waals surface area contributed by atoms with Crippen LogP contribution in [0.5, 0.6) is 5.75 Å². The summed E-state index contributed by atoms with van der Waals surface area (Å²) in [6.45, 7) is 8.37. The standard InChI is InChI=1S/C24H29Cl2NO2/c1-5-14(2)9-23(28)27-24-15(3)10-21-20(16(24)4)7-6-8-22(21)29-19-12-17(25)11-18(26)13-19/h10-14,22H,5-9H2,1-4H3,(H,27,28). The van der Waals surface area contributed by atoms with Gasteiger partial charge in [-0.1, -0.05) is 49.5 Å². The van der Waals surface area contributed by atoms with Crippen molar-refractivity contribution in [2.45, 2.75) is 65.9 Å². The topological polar surface area (TPSA) is 38.3 Å². The van der Waals surface area contributed by atoms with Crippen LogP contribution in [0.2, 0.25) is 10.0 Å². The van der Waals surface area contributed by atoms with Gasteiger partial charge in [0.25, 0.3) is 0 Å². The first kappa shape index (κ1) is 22.0.